The summed E-state index contributed by atoms with van der Waals surface area (Å²) in [6.07, 6.45) is -3.51. The van der Waals surface area contributed by atoms with Crippen LogP contribution in [0.3, 0.4) is 0 Å². The minimum atomic E-state index is -4.46. The van der Waals surface area contributed by atoms with Crippen LogP contribution in [-0.4, -0.2) is 4.98 Å². The predicted octanol–water partition coefficient (Wildman–Crippen LogP) is 1.62. The zero-order chi connectivity index (χ0) is 10.8. The molecule has 0 aliphatic carbocycles. The Morgan fingerprint density at radius 1 is 1.43 bits per heavy atom. The third kappa shape index (κ3) is 2.20. The van der Waals surface area contributed by atoms with E-state index in [-0.39, 0.29) is 5.56 Å². The molecule has 0 spiro atoms. The Hall–Kier alpha value is -1.61. The van der Waals surface area contributed by atoms with E-state index in [1.165, 1.54) is 0 Å². The van der Waals surface area contributed by atoms with Crippen molar-refractivity contribution >= 4 is 0 Å². The number of aromatic nitrogens is 1. The molecule has 0 saturated carbocycles. The van der Waals surface area contributed by atoms with Gasteiger partial charge in [-0.1, -0.05) is 6.07 Å². The van der Waals surface area contributed by atoms with Gasteiger partial charge in [-0.25, -0.2) is 0 Å². The maximum absolute atomic E-state index is 12.0. The van der Waals surface area contributed by atoms with Gasteiger partial charge < -0.3 is 5.73 Å². The highest BCUT2D eigenvalue weighted by Crippen LogP contribution is 2.27. The van der Waals surface area contributed by atoms with Gasteiger partial charge in [-0.15, -0.1) is 0 Å². The molecule has 0 aromatic carbocycles. The normalized spacial score (nSPS) is 13.4. The van der Waals surface area contributed by atoms with E-state index in [9.17, 15) is 13.2 Å². The van der Waals surface area contributed by atoms with Crippen molar-refractivity contribution in [3.63, 3.8) is 0 Å². The van der Waals surface area contributed by atoms with Crippen molar-refractivity contribution in [1.82, 2.24) is 4.98 Å². The summed E-state index contributed by atoms with van der Waals surface area (Å²) in [5.41, 5.74) is 4.54. The molecule has 3 nitrogen and oxygen atoms in total. The molecule has 0 amide bonds. The number of alkyl halides is 3. The van der Waals surface area contributed by atoms with Crippen LogP contribution in [0, 0.1) is 11.3 Å². The van der Waals surface area contributed by atoms with Crippen LogP contribution < -0.4 is 5.73 Å². The Kier molecular flexibility index (Phi) is 2.72. The fraction of sp³-hybridized carbons (Fsp3) is 0.250. The number of rotatable bonds is 1. The highest BCUT2D eigenvalue weighted by Gasteiger charge is 2.32. The molecule has 6 heteroatoms. The lowest BCUT2D eigenvalue weighted by Crippen LogP contribution is -2.11. The SMILES string of the molecule is N#CC(N)c1ccc(C(F)(F)F)nc1. The summed E-state index contributed by atoms with van der Waals surface area (Å²) in [6, 6.07) is 2.70. The van der Waals surface area contributed by atoms with Gasteiger partial charge in [0.25, 0.3) is 0 Å². The van der Waals surface area contributed by atoms with Crippen molar-refractivity contribution in [2.45, 2.75) is 12.2 Å². The molecule has 0 aliphatic heterocycles. The summed E-state index contributed by atoms with van der Waals surface area (Å²) in [7, 11) is 0. The Morgan fingerprint density at radius 2 is 2.07 bits per heavy atom. The molecular weight excluding hydrogens is 195 g/mol. The van der Waals surface area contributed by atoms with Crippen LogP contribution in [0.5, 0.6) is 0 Å². The molecule has 0 fully saturated rings. The van der Waals surface area contributed by atoms with Crippen LogP contribution in [0.2, 0.25) is 0 Å². The van der Waals surface area contributed by atoms with Crippen molar-refractivity contribution in [2.24, 2.45) is 5.73 Å². The molecule has 0 bridgehead atoms. The van der Waals surface area contributed by atoms with Crippen molar-refractivity contribution in [2.75, 3.05) is 0 Å². The van der Waals surface area contributed by atoms with Gasteiger partial charge in [-0.05, 0) is 6.07 Å². The first-order valence-electron chi connectivity index (χ1n) is 3.63. The lowest BCUT2D eigenvalue weighted by Gasteiger charge is -2.06. The molecule has 0 aliphatic rings. The molecular formula is C8H6F3N3. The summed E-state index contributed by atoms with van der Waals surface area (Å²) in [6.45, 7) is 0. The number of nitriles is 1. The van der Waals surface area contributed by atoms with Gasteiger partial charge >= 0.3 is 6.18 Å². The fourth-order valence-electron chi connectivity index (χ4n) is 0.831. The van der Waals surface area contributed by atoms with Crippen LogP contribution >= 0.6 is 0 Å². The number of nitrogens with zero attached hydrogens (tertiary/aromatic N) is 2. The minimum Gasteiger partial charge on any atom is -0.312 e. The highest BCUT2D eigenvalue weighted by atomic mass is 19.4. The average molecular weight is 201 g/mol. The number of hydrogen-bond acceptors (Lipinski definition) is 3. The largest absolute Gasteiger partial charge is 0.433 e. The maximum Gasteiger partial charge on any atom is 0.433 e. The van der Waals surface area contributed by atoms with E-state index in [1.54, 1.807) is 6.07 Å². The van der Waals surface area contributed by atoms with E-state index in [1.807, 2.05) is 0 Å². The van der Waals surface area contributed by atoms with E-state index < -0.39 is 17.9 Å². The minimum absolute atomic E-state index is 0.264. The monoisotopic (exact) mass is 201 g/mol. The predicted molar refractivity (Wildman–Crippen MR) is 41.8 cm³/mol. The quantitative estimate of drug-likeness (QED) is 0.750. The molecule has 2 N–H and O–H groups in total. The van der Waals surface area contributed by atoms with Gasteiger partial charge in [0.1, 0.15) is 11.7 Å². The third-order valence-corrected chi connectivity index (χ3v) is 1.57. The van der Waals surface area contributed by atoms with Crippen molar-refractivity contribution in [1.29, 1.82) is 5.26 Å². The molecule has 1 rings (SSSR count). The molecule has 0 radical (unpaired) electrons. The van der Waals surface area contributed by atoms with Gasteiger partial charge in [0.2, 0.25) is 0 Å². The lowest BCUT2D eigenvalue weighted by atomic mass is 10.1. The van der Waals surface area contributed by atoms with Crippen LogP contribution in [-0.2, 0) is 6.18 Å². The number of hydrogen-bond donors (Lipinski definition) is 1. The molecule has 0 saturated heterocycles. The lowest BCUT2D eigenvalue weighted by molar-refractivity contribution is -0.141. The van der Waals surface area contributed by atoms with Gasteiger partial charge in [-0.3, -0.25) is 4.98 Å². The van der Waals surface area contributed by atoms with Crippen molar-refractivity contribution < 1.29 is 13.2 Å². The van der Waals surface area contributed by atoms with Crippen LogP contribution in [0.25, 0.3) is 0 Å². The first kappa shape index (κ1) is 10.5. The summed E-state index contributed by atoms with van der Waals surface area (Å²) < 4.78 is 36.1. The van der Waals surface area contributed by atoms with E-state index in [2.05, 4.69) is 4.98 Å². The zero-order valence-electron chi connectivity index (χ0n) is 6.92. The van der Waals surface area contributed by atoms with Crippen LogP contribution in [0.15, 0.2) is 18.3 Å². The molecule has 1 aromatic heterocycles. The second-order valence-electron chi connectivity index (χ2n) is 2.58. The standard InChI is InChI=1S/C8H6F3N3/c9-8(10,11)7-2-1-5(4-14-7)6(13)3-12/h1-2,4,6H,13H2. The number of halogens is 3. The Morgan fingerprint density at radius 3 is 2.43 bits per heavy atom. The zero-order valence-corrected chi connectivity index (χ0v) is 6.92. The second kappa shape index (κ2) is 3.64. The van der Waals surface area contributed by atoms with E-state index in [4.69, 9.17) is 11.0 Å². The highest BCUT2D eigenvalue weighted by molar-refractivity contribution is 5.22. The molecule has 1 heterocycles. The molecule has 1 aromatic rings. The smallest absolute Gasteiger partial charge is 0.312 e. The maximum atomic E-state index is 12.0. The summed E-state index contributed by atoms with van der Waals surface area (Å²) in [5.74, 6) is 0. The molecule has 74 valence electrons. The third-order valence-electron chi connectivity index (χ3n) is 1.57. The summed E-state index contributed by atoms with van der Waals surface area (Å²) >= 11 is 0. The van der Waals surface area contributed by atoms with E-state index in [0.717, 1.165) is 18.3 Å². The van der Waals surface area contributed by atoms with Gasteiger partial charge in [0.15, 0.2) is 0 Å². The summed E-state index contributed by atoms with van der Waals surface area (Å²) in [4.78, 5) is 3.16. The van der Waals surface area contributed by atoms with E-state index >= 15 is 0 Å². The number of nitrogens with two attached hydrogens (primary N) is 1. The van der Waals surface area contributed by atoms with Crippen LogP contribution in [0.1, 0.15) is 17.3 Å². The number of pyridine rings is 1. The molecule has 14 heavy (non-hydrogen) atoms. The fourth-order valence-corrected chi connectivity index (χ4v) is 0.831. The Bertz CT molecular complexity index is 350. The average Bonchev–Trinajstić information content (AvgIpc) is 2.15. The van der Waals surface area contributed by atoms with Gasteiger partial charge in [0, 0.05) is 11.8 Å². The first-order valence-corrected chi connectivity index (χ1v) is 3.63. The Labute approximate surface area is 78.0 Å². The Balaban J connectivity index is 2.96. The van der Waals surface area contributed by atoms with Crippen molar-refractivity contribution in [3.8, 4) is 6.07 Å². The van der Waals surface area contributed by atoms with E-state index in [0.29, 0.717) is 0 Å². The van der Waals surface area contributed by atoms with Gasteiger partial charge in [0.05, 0.1) is 6.07 Å². The van der Waals surface area contributed by atoms with Gasteiger partial charge in [-0.2, -0.15) is 18.4 Å². The molecule has 1 unspecified atom stereocenters. The first-order chi connectivity index (χ1) is 6.45. The van der Waals surface area contributed by atoms with Crippen LogP contribution in [0.4, 0.5) is 13.2 Å². The molecule has 1 atom stereocenters. The topological polar surface area (TPSA) is 62.7 Å². The summed E-state index contributed by atoms with van der Waals surface area (Å²) in [5, 5.41) is 8.39. The van der Waals surface area contributed by atoms with Crippen molar-refractivity contribution in [3.05, 3.63) is 29.6 Å². The second-order valence-corrected chi connectivity index (χ2v) is 2.58.